The second kappa shape index (κ2) is 6.48. The highest BCUT2D eigenvalue weighted by molar-refractivity contribution is 5.92. The summed E-state index contributed by atoms with van der Waals surface area (Å²) in [6.07, 6.45) is 3.42. The van der Waals surface area contributed by atoms with Crippen molar-refractivity contribution in [2.75, 3.05) is 37.7 Å². The lowest BCUT2D eigenvalue weighted by Gasteiger charge is -2.48. The molecule has 7 heteroatoms. The Morgan fingerprint density at radius 1 is 1.28 bits per heavy atom. The Kier molecular flexibility index (Phi) is 4.17. The number of halogens is 1. The molecule has 1 unspecified atom stereocenters. The summed E-state index contributed by atoms with van der Waals surface area (Å²) >= 11 is 0. The highest BCUT2D eigenvalue weighted by Gasteiger charge is 2.42. The van der Waals surface area contributed by atoms with E-state index >= 15 is 0 Å². The first-order valence-corrected chi connectivity index (χ1v) is 8.58. The fourth-order valence-electron chi connectivity index (χ4n) is 3.80. The van der Waals surface area contributed by atoms with E-state index in [0.717, 1.165) is 25.1 Å². The second-order valence-corrected chi connectivity index (χ2v) is 6.73. The van der Waals surface area contributed by atoms with Gasteiger partial charge in [-0.15, -0.1) is 0 Å². The molecule has 3 heterocycles. The molecule has 6 nitrogen and oxygen atoms in total. The largest absolute Gasteiger partial charge is 0.369 e. The number of amides is 1. The molecule has 2 fully saturated rings. The van der Waals surface area contributed by atoms with Crippen LogP contribution in [-0.2, 0) is 4.74 Å². The second-order valence-electron chi connectivity index (χ2n) is 6.73. The molecule has 0 aliphatic carbocycles. The number of anilines is 1. The number of carbonyl (C=O) groups excluding carboxylic acids is 1. The summed E-state index contributed by atoms with van der Waals surface area (Å²) in [6, 6.07) is 8.32. The van der Waals surface area contributed by atoms with Crippen molar-refractivity contribution in [2.24, 2.45) is 0 Å². The van der Waals surface area contributed by atoms with Crippen LogP contribution in [0.2, 0.25) is 0 Å². The molecule has 2 aliphatic rings. The lowest BCUT2D eigenvalue weighted by molar-refractivity contribution is -0.105. The lowest BCUT2D eigenvalue weighted by Crippen LogP contribution is -2.60. The van der Waals surface area contributed by atoms with Crippen LogP contribution in [0.4, 0.5) is 10.1 Å². The molecular formula is C18H21FN4O2. The first-order valence-electron chi connectivity index (χ1n) is 8.58. The van der Waals surface area contributed by atoms with E-state index < -0.39 is 5.60 Å². The minimum absolute atomic E-state index is 0.0527. The molecule has 2 aliphatic heterocycles. The first kappa shape index (κ1) is 16.1. The number of nitrogens with one attached hydrogen (secondary N) is 1. The van der Waals surface area contributed by atoms with E-state index in [2.05, 4.69) is 15.1 Å². The number of aromatic amines is 1. The summed E-state index contributed by atoms with van der Waals surface area (Å²) in [5, 5.41) is 6.59. The maximum Gasteiger partial charge on any atom is 0.272 e. The molecule has 0 radical (unpaired) electrons. The van der Waals surface area contributed by atoms with Crippen LogP contribution in [0.15, 0.2) is 36.5 Å². The zero-order valence-electron chi connectivity index (χ0n) is 13.9. The number of piperidine rings is 1. The molecule has 1 N–H and O–H groups in total. The topological polar surface area (TPSA) is 61.5 Å². The molecule has 2 saturated heterocycles. The molecule has 1 amide bonds. The van der Waals surface area contributed by atoms with Crippen molar-refractivity contribution in [3.63, 3.8) is 0 Å². The maximum atomic E-state index is 13.6. The van der Waals surface area contributed by atoms with E-state index in [-0.39, 0.29) is 11.7 Å². The molecule has 1 aromatic carbocycles. The van der Waals surface area contributed by atoms with E-state index in [4.69, 9.17) is 4.74 Å². The van der Waals surface area contributed by atoms with Gasteiger partial charge in [0.25, 0.3) is 5.91 Å². The number of hydrogen-bond acceptors (Lipinski definition) is 4. The molecule has 4 rings (SSSR count). The SMILES string of the molecule is O=C(c1ccn[nH]1)N1CCOC2(CCCN(c3cccc(F)c3)C2)C1. The van der Waals surface area contributed by atoms with Gasteiger partial charge in [-0.1, -0.05) is 6.07 Å². The summed E-state index contributed by atoms with van der Waals surface area (Å²) in [6.45, 7) is 3.14. The highest BCUT2D eigenvalue weighted by Crippen LogP contribution is 2.32. The highest BCUT2D eigenvalue weighted by atomic mass is 19.1. The Hall–Kier alpha value is -2.41. The van der Waals surface area contributed by atoms with Gasteiger partial charge in [0.1, 0.15) is 17.1 Å². The molecule has 25 heavy (non-hydrogen) atoms. The number of aromatic nitrogens is 2. The van der Waals surface area contributed by atoms with Crippen molar-refractivity contribution in [3.05, 3.63) is 48.0 Å². The predicted octanol–water partition coefficient (Wildman–Crippen LogP) is 2.06. The molecule has 132 valence electrons. The number of benzene rings is 1. The zero-order chi connectivity index (χ0) is 17.3. The fourth-order valence-corrected chi connectivity index (χ4v) is 3.80. The molecule has 0 saturated carbocycles. The third kappa shape index (κ3) is 3.24. The van der Waals surface area contributed by atoms with Gasteiger partial charge < -0.3 is 14.5 Å². The number of H-pyrrole nitrogens is 1. The molecule has 1 atom stereocenters. The normalized spacial score (nSPS) is 23.9. The average molecular weight is 344 g/mol. The maximum absolute atomic E-state index is 13.6. The smallest absolute Gasteiger partial charge is 0.272 e. The average Bonchev–Trinajstić information content (AvgIpc) is 3.16. The van der Waals surface area contributed by atoms with E-state index in [1.165, 1.54) is 6.07 Å². The van der Waals surface area contributed by atoms with Gasteiger partial charge in [-0.25, -0.2) is 4.39 Å². The van der Waals surface area contributed by atoms with Crippen LogP contribution in [0.3, 0.4) is 0 Å². The Morgan fingerprint density at radius 2 is 2.20 bits per heavy atom. The third-order valence-electron chi connectivity index (χ3n) is 4.98. The van der Waals surface area contributed by atoms with Gasteiger partial charge in [-0.3, -0.25) is 9.89 Å². The summed E-state index contributed by atoms with van der Waals surface area (Å²) in [4.78, 5) is 16.6. The minimum atomic E-state index is -0.404. The number of nitrogens with zero attached hydrogens (tertiary/aromatic N) is 3. The van der Waals surface area contributed by atoms with Crippen molar-refractivity contribution in [3.8, 4) is 0 Å². The van der Waals surface area contributed by atoms with E-state index in [0.29, 0.717) is 31.9 Å². The third-order valence-corrected chi connectivity index (χ3v) is 4.98. The van der Waals surface area contributed by atoms with Gasteiger partial charge in [0, 0.05) is 31.5 Å². The summed E-state index contributed by atoms with van der Waals surface area (Å²) in [5.41, 5.74) is 0.952. The van der Waals surface area contributed by atoms with Gasteiger partial charge in [-0.05, 0) is 37.1 Å². The van der Waals surface area contributed by atoms with Crippen LogP contribution in [-0.4, -0.2) is 59.4 Å². The van der Waals surface area contributed by atoms with Crippen LogP contribution in [0.1, 0.15) is 23.3 Å². The van der Waals surface area contributed by atoms with Crippen LogP contribution >= 0.6 is 0 Å². The quantitative estimate of drug-likeness (QED) is 0.906. The number of ether oxygens (including phenoxy) is 1. The standard InChI is InChI=1S/C18H21FN4O2/c19-14-3-1-4-15(11-14)22-8-2-6-18(12-22)13-23(9-10-25-18)17(24)16-5-7-20-21-16/h1,3-5,7,11H,2,6,8-10,12-13H2,(H,20,21). The van der Waals surface area contributed by atoms with Crippen LogP contribution in [0, 0.1) is 5.82 Å². The van der Waals surface area contributed by atoms with Crippen molar-refractivity contribution in [1.82, 2.24) is 15.1 Å². The summed E-state index contributed by atoms with van der Waals surface area (Å²) < 4.78 is 19.7. The number of hydrogen-bond donors (Lipinski definition) is 1. The van der Waals surface area contributed by atoms with Crippen molar-refractivity contribution >= 4 is 11.6 Å². The van der Waals surface area contributed by atoms with Gasteiger partial charge in [0.15, 0.2) is 0 Å². The van der Waals surface area contributed by atoms with Gasteiger partial charge in [0.2, 0.25) is 0 Å². The molecule has 2 aromatic rings. The Morgan fingerprint density at radius 3 is 3.00 bits per heavy atom. The van der Waals surface area contributed by atoms with Crippen LogP contribution in [0.5, 0.6) is 0 Å². The fraction of sp³-hybridized carbons (Fsp3) is 0.444. The Bertz CT molecular complexity index is 747. The van der Waals surface area contributed by atoms with E-state index in [9.17, 15) is 9.18 Å². The van der Waals surface area contributed by atoms with E-state index in [1.54, 1.807) is 24.4 Å². The van der Waals surface area contributed by atoms with Gasteiger partial charge >= 0.3 is 0 Å². The number of morpholine rings is 1. The van der Waals surface area contributed by atoms with Crippen LogP contribution in [0.25, 0.3) is 0 Å². The van der Waals surface area contributed by atoms with Crippen LogP contribution < -0.4 is 4.90 Å². The summed E-state index contributed by atoms with van der Waals surface area (Å²) in [5.74, 6) is -0.291. The first-order chi connectivity index (χ1) is 12.2. The lowest BCUT2D eigenvalue weighted by atomic mass is 9.90. The molecule has 0 bridgehead atoms. The molecule has 1 spiro atoms. The Labute approximate surface area is 145 Å². The summed E-state index contributed by atoms with van der Waals surface area (Å²) in [7, 11) is 0. The van der Waals surface area contributed by atoms with Crippen molar-refractivity contribution in [1.29, 1.82) is 0 Å². The van der Waals surface area contributed by atoms with Crippen molar-refractivity contribution < 1.29 is 13.9 Å². The number of carbonyl (C=O) groups is 1. The zero-order valence-corrected chi connectivity index (χ0v) is 13.9. The Balaban J connectivity index is 1.51. The molecule has 1 aromatic heterocycles. The predicted molar refractivity (Wildman–Crippen MR) is 91.0 cm³/mol. The van der Waals surface area contributed by atoms with Crippen molar-refractivity contribution in [2.45, 2.75) is 18.4 Å². The minimum Gasteiger partial charge on any atom is -0.369 e. The van der Waals surface area contributed by atoms with E-state index in [1.807, 2.05) is 11.0 Å². The monoisotopic (exact) mass is 344 g/mol. The molecular weight excluding hydrogens is 323 g/mol. The van der Waals surface area contributed by atoms with Gasteiger partial charge in [-0.2, -0.15) is 5.10 Å². The van der Waals surface area contributed by atoms with Gasteiger partial charge in [0.05, 0.1) is 13.2 Å². The number of rotatable bonds is 2.